The van der Waals surface area contributed by atoms with Gasteiger partial charge in [-0.15, -0.1) is 0 Å². The van der Waals surface area contributed by atoms with Crippen LogP contribution in [0.15, 0.2) is 12.0 Å². The van der Waals surface area contributed by atoms with Crippen LogP contribution < -0.4 is 0 Å². The average Bonchev–Trinajstić information content (AvgIpc) is 2.74. The lowest BCUT2D eigenvalue weighted by molar-refractivity contribution is -0.147. The number of nitrogens with zero attached hydrogens (tertiary/aromatic N) is 1. The molecule has 1 saturated heterocycles. The molecule has 1 atom stereocenters. The maximum absolute atomic E-state index is 12.0. The molecule has 0 spiro atoms. The van der Waals surface area contributed by atoms with Crippen molar-refractivity contribution in [2.75, 3.05) is 26.3 Å². The van der Waals surface area contributed by atoms with Crippen LogP contribution in [0, 0.1) is 5.41 Å². The maximum Gasteiger partial charge on any atom is 0.311 e. The first-order valence-corrected chi connectivity index (χ1v) is 5.50. The Morgan fingerprint density at radius 2 is 2.24 bits per heavy atom. The van der Waals surface area contributed by atoms with Crippen LogP contribution >= 0.6 is 0 Å². The van der Waals surface area contributed by atoms with Crippen molar-refractivity contribution in [2.45, 2.75) is 13.3 Å². The first kappa shape index (κ1) is 11.8. The molecule has 1 amide bonds. The number of ether oxygens (including phenoxy) is 2. The van der Waals surface area contributed by atoms with Gasteiger partial charge in [0.05, 0.1) is 5.41 Å². The topological polar surface area (TPSA) is 76.1 Å². The number of carboxylic acid groups (broad SMARTS) is 1. The molecular formula is C11H15NO5. The van der Waals surface area contributed by atoms with E-state index in [9.17, 15) is 9.59 Å². The molecule has 0 aromatic rings. The zero-order chi connectivity index (χ0) is 12.5. The van der Waals surface area contributed by atoms with E-state index in [-0.39, 0.29) is 18.2 Å². The Morgan fingerprint density at radius 3 is 2.76 bits per heavy atom. The number of carbonyl (C=O) groups is 2. The van der Waals surface area contributed by atoms with Crippen molar-refractivity contribution in [1.29, 1.82) is 0 Å². The van der Waals surface area contributed by atoms with Gasteiger partial charge < -0.3 is 19.5 Å². The highest BCUT2D eigenvalue weighted by Crippen LogP contribution is 2.31. The van der Waals surface area contributed by atoms with Crippen molar-refractivity contribution >= 4 is 11.9 Å². The molecule has 6 heteroatoms. The van der Waals surface area contributed by atoms with Gasteiger partial charge in [0.2, 0.25) is 5.76 Å². The van der Waals surface area contributed by atoms with E-state index in [0.717, 1.165) is 0 Å². The minimum absolute atomic E-state index is 0.158. The number of carbonyl (C=O) groups excluding carboxylic acids is 1. The van der Waals surface area contributed by atoms with E-state index >= 15 is 0 Å². The van der Waals surface area contributed by atoms with Gasteiger partial charge in [0, 0.05) is 13.1 Å². The fourth-order valence-corrected chi connectivity index (χ4v) is 1.95. The highest BCUT2D eigenvalue weighted by atomic mass is 16.6. The van der Waals surface area contributed by atoms with Gasteiger partial charge in [-0.3, -0.25) is 9.59 Å². The Balaban J connectivity index is 2.03. The lowest BCUT2D eigenvalue weighted by Gasteiger charge is -2.22. The summed E-state index contributed by atoms with van der Waals surface area (Å²) in [7, 11) is 0. The summed E-state index contributed by atoms with van der Waals surface area (Å²) < 4.78 is 10.2. The lowest BCUT2D eigenvalue weighted by atomic mass is 9.90. The zero-order valence-corrected chi connectivity index (χ0v) is 9.64. The minimum atomic E-state index is -0.873. The van der Waals surface area contributed by atoms with Crippen molar-refractivity contribution in [1.82, 2.24) is 4.90 Å². The van der Waals surface area contributed by atoms with E-state index in [0.29, 0.717) is 26.2 Å². The fraction of sp³-hybridized carbons (Fsp3) is 0.636. The van der Waals surface area contributed by atoms with Crippen molar-refractivity contribution in [2.24, 2.45) is 5.41 Å². The van der Waals surface area contributed by atoms with Crippen LogP contribution in [0.25, 0.3) is 0 Å². The third kappa shape index (κ3) is 2.20. The van der Waals surface area contributed by atoms with Crippen LogP contribution in [-0.4, -0.2) is 48.2 Å². The number of rotatable bonds is 2. The largest absolute Gasteiger partial charge is 0.494 e. The molecule has 6 nitrogen and oxygen atoms in total. The van der Waals surface area contributed by atoms with Crippen molar-refractivity contribution in [3.05, 3.63) is 12.0 Å². The number of hydrogen-bond donors (Lipinski definition) is 1. The van der Waals surface area contributed by atoms with Gasteiger partial charge >= 0.3 is 5.97 Å². The molecule has 2 rings (SSSR count). The van der Waals surface area contributed by atoms with E-state index in [2.05, 4.69) is 0 Å². The van der Waals surface area contributed by atoms with Crippen LogP contribution in [0.5, 0.6) is 0 Å². The molecular weight excluding hydrogens is 226 g/mol. The number of likely N-dealkylation sites (tertiary alicyclic amines) is 1. The van der Waals surface area contributed by atoms with Gasteiger partial charge in [0.1, 0.15) is 19.5 Å². The Labute approximate surface area is 98.8 Å². The van der Waals surface area contributed by atoms with E-state index in [1.54, 1.807) is 6.92 Å². The lowest BCUT2D eigenvalue weighted by Crippen LogP contribution is -2.36. The van der Waals surface area contributed by atoms with Gasteiger partial charge in [-0.25, -0.2) is 0 Å². The van der Waals surface area contributed by atoms with Crippen molar-refractivity contribution < 1.29 is 24.2 Å². The smallest absolute Gasteiger partial charge is 0.311 e. The summed E-state index contributed by atoms with van der Waals surface area (Å²) in [5.74, 6) is -1.01. The molecule has 0 aromatic carbocycles. The molecule has 2 aliphatic rings. The summed E-state index contributed by atoms with van der Waals surface area (Å²) in [6.45, 7) is 3.07. The number of amides is 1. The van der Waals surface area contributed by atoms with E-state index in [4.69, 9.17) is 14.6 Å². The number of hydrogen-bond acceptors (Lipinski definition) is 4. The molecule has 17 heavy (non-hydrogen) atoms. The van der Waals surface area contributed by atoms with Crippen molar-refractivity contribution in [3.8, 4) is 0 Å². The van der Waals surface area contributed by atoms with E-state index in [1.165, 1.54) is 11.2 Å². The second-order valence-electron chi connectivity index (χ2n) is 4.54. The van der Waals surface area contributed by atoms with E-state index in [1.807, 2.05) is 0 Å². The average molecular weight is 241 g/mol. The molecule has 0 radical (unpaired) electrons. The molecule has 0 aliphatic carbocycles. The normalized spacial score (nSPS) is 28.1. The quantitative estimate of drug-likeness (QED) is 0.747. The van der Waals surface area contributed by atoms with Gasteiger partial charge in [0.25, 0.3) is 5.91 Å². The molecule has 0 saturated carbocycles. The summed E-state index contributed by atoms with van der Waals surface area (Å²) in [4.78, 5) is 24.5. The third-order valence-corrected chi connectivity index (χ3v) is 3.14. The Kier molecular flexibility index (Phi) is 2.95. The summed E-state index contributed by atoms with van der Waals surface area (Å²) in [6, 6.07) is 0. The van der Waals surface area contributed by atoms with Crippen LogP contribution in [0.2, 0.25) is 0 Å². The summed E-state index contributed by atoms with van der Waals surface area (Å²) in [6.07, 6.45) is 1.75. The van der Waals surface area contributed by atoms with Gasteiger partial charge in [-0.05, 0) is 13.3 Å². The molecule has 1 unspecified atom stereocenters. The number of carboxylic acids is 1. The second-order valence-corrected chi connectivity index (χ2v) is 4.54. The molecule has 1 N–H and O–H groups in total. The predicted molar refractivity (Wildman–Crippen MR) is 56.9 cm³/mol. The Bertz CT molecular complexity index is 378. The summed E-state index contributed by atoms with van der Waals surface area (Å²) in [5, 5.41) is 9.07. The Morgan fingerprint density at radius 1 is 1.47 bits per heavy atom. The first-order chi connectivity index (χ1) is 8.03. The van der Waals surface area contributed by atoms with Crippen molar-refractivity contribution in [3.63, 3.8) is 0 Å². The monoisotopic (exact) mass is 241 g/mol. The summed E-state index contributed by atoms with van der Waals surface area (Å²) >= 11 is 0. The highest BCUT2D eigenvalue weighted by molar-refractivity contribution is 5.92. The third-order valence-electron chi connectivity index (χ3n) is 3.14. The van der Waals surface area contributed by atoms with Crippen LogP contribution in [-0.2, 0) is 19.1 Å². The molecule has 0 bridgehead atoms. The SMILES string of the molecule is CC1(C(=O)O)CCN(C(=O)C2=COCCO2)C1. The van der Waals surface area contributed by atoms with E-state index < -0.39 is 11.4 Å². The van der Waals surface area contributed by atoms with Gasteiger partial charge in [0.15, 0.2) is 0 Å². The van der Waals surface area contributed by atoms with Gasteiger partial charge in [-0.1, -0.05) is 0 Å². The molecule has 2 heterocycles. The predicted octanol–water partition coefficient (Wildman–Crippen LogP) is 0.198. The molecule has 94 valence electrons. The van der Waals surface area contributed by atoms with Crippen LogP contribution in [0.1, 0.15) is 13.3 Å². The molecule has 2 aliphatic heterocycles. The second kappa shape index (κ2) is 4.27. The summed E-state index contributed by atoms with van der Waals surface area (Å²) in [5.41, 5.74) is -0.855. The van der Waals surface area contributed by atoms with Crippen LogP contribution in [0.3, 0.4) is 0 Å². The zero-order valence-electron chi connectivity index (χ0n) is 9.64. The molecule has 1 fully saturated rings. The Hall–Kier alpha value is -1.72. The highest BCUT2D eigenvalue weighted by Gasteiger charge is 2.43. The first-order valence-electron chi connectivity index (χ1n) is 5.50. The van der Waals surface area contributed by atoms with Crippen LogP contribution in [0.4, 0.5) is 0 Å². The molecule has 0 aromatic heterocycles. The number of aliphatic carboxylic acids is 1. The maximum atomic E-state index is 12.0. The van der Waals surface area contributed by atoms with Gasteiger partial charge in [-0.2, -0.15) is 0 Å². The fourth-order valence-electron chi connectivity index (χ4n) is 1.95. The standard InChI is InChI=1S/C11H15NO5/c1-11(10(14)15)2-3-12(7-11)9(13)8-6-16-4-5-17-8/h6H,2-5,7H2,1H3,(H,14,15). The minimum Gasteiger partial charge on any atom is -0.494 e.